The van der Waals surface area contributed by atoms with E-state index in [1.54, 1.807) is 13.2 Å². The summed E-state index contributed by atoms with van der Waals surface area (Å²) in [6, 6.07) is 26.0. The summed E-state index contributed by atoms with van der Waals surface area (Å²) in [7, 11) is 1.58. The minimum atomic E-state index is -1.42. The second kappa shape index (κ2) is 26.3. The van der Waals surface area contributed by atoms with Crippen LogP contribution >= 0.6 is 0 Å². The predicted octanol–water partition coefficient (Wildman–Crippen LogP) is 14.1. The van der Waals surface area contributed by atoms with Gasteiger partial charge in [0.05, 0.1) is 31.4 Å². The number of benzene rings is 4. The molecule has 0 bridgehead atoms. The van der Waals surface area contributed by atoms with Crippen molar-refractivity contribution in [3.05, 3.63) is 125 Å². The fraction of sp³-hybridized carbons (Fsp3) is 0.533. The van der Waals surface area contributed by atoms with Gasteiger partial charge in [-0.15, -0.1) is 6.58 Å². The molecule has 10 nitrogen and oxygen atoms in total. The van der Waals surface area contributed by atoms with E-state index in [-0.39, 0.29) is 50.5 Å². The molecule has 1 aliphatic heterocycles. The van der Waals surface area contributed by atoms with Gasteiger partial charge >= 0.3 is 6.09 Å². The van der Waals surface area contributed by atoms with Crippen LogP contribution in [0, 0.1) is 31.6 Å². The van der Waals surface area contributed by atoms with Crippen molar-refractivity contribution in [1.29, 1.82) is 0 Å². The third-order valence-corrected chi connectivity index (χ3v) is 15.1. The molecule has 3 aliphatic rings. The maximum atomic E-state index is 15.2. The number of fused-ring (bicyclic) bond motifs is 3. The van der Waals surface area contributed by atoms with Crippen molar-refractivity contribution in [2.75, 3.05) is 33.5 Å². The Labute approximate surface area is 418 Å². The van der Waals surface area contributed by atoms with Crippen molar-refractivity contribution in [2.45, 2.75) is 154 Å². The number of hydrogen-bond acceptors (Lipinski definition) is 9. The lowest BCUT2D eigenvalue weighted by Crippen LogP contribution is -2.70. The van der Waals surface area contributed by atoms with Crippen LogP contribution in [0.4, 0.5) is 4.79 Å². The average molecular weight is 957 g/mol. The molecule has 4 aromatic rings. The maximum Gasteiger partial charge on any atom is 0.410 e. The Bertz CT molecular complexity index is 2370. The second-order valence-corrected chi connectivity index (χ2v) is 19.9. The molecule has 4 aromatic carbocycles. The number of ether oxygens (including phenoxy) is 4. The zero-order valence-electron chi connectivity index (χ0n) is 42.5. The number of carbonyl (C=O) groups is 1. The van der Waals surface area contributed by atoms with E-state index in [9.17, 15) is 10.2 Å². The molecule has 6 unspecified atom stereocenters. The molecule has 378 valence electrons. The van der Waals surface area contributed by atoms with E-state index in [0.717, 1.165) is 89.4 Å². The van der Waals surface area contributed by atoms with Gasteiger partial charge in [-0.25, -0.2) is 4.79 Å². The number of nitrogens with zero attached hydrogens (tertiary/aromatic N) is 2. The molecule has 0 radical (unpaired) electrons. The molecule has 0 aromatic heterocycles. The highest BCUT2D eigenvalue weighted by atomic mass is 16.7. The van der Waals surface area contributed by atoms with Crippen LogP contribution in [-0.2, 0) is 20.9 Å². The Morgan fingerprint density at radius 3 is 2.26 bits per heavy atom. The van der Waals surface area contributed by atoms with Gasteiger partial charge in [-0.2, -0.15) is 0 Å². The minimum absolute atomic E-state index is 0.0718. The molecular formula is C60H80N2O8. The summed E-state index contributed by atoms with van der Waals surface area (Å²) in [5.74, 6) is 0.214. The molecule has 2 N–H and O–H groups in total. The van der Waals surface area contributed by atoms with Gasteiger partial charge in [0.25, 0.3) is 0 Å². The fourth-order valence-corrected chi connectivity index (χ4v) is 11.5. The lowest BCUT2D eigenvalue weighted by Gasteiger charge is -2.59. The summed E-state index contributed by atoms with van der Waals surface area (Å²) in [6.45, 7) is 11.5. The quantitative estimate of drug-likeness (QED) is 0.0328. The number of oxime groups is 1. The molecule has 10 heteroatoms. The van der Waals surface area contributed by atoms with Crippen molar-refractivity contribution in [2.24, 2.45) is 22.9 Å². The Kier molecular flexibility index (Phi) is 19.8. The Balaban J connectivity index is 1.33. The molecule has 70 heavy (non-hydrogen) atoms. The first-order valence-electron chi connectivity index (χ1n) is 26.5. The Morgan fingerprint density at radius 1 is 0.829 bits per heavy atom. The van der Waals surface area contributed by atoms with E-state index < -0.39 is 23.8 Å². The minimum Gasteiger partial charge on any atom is -0.459 e. The highest BCUT2D eigenvalue weighted by Gasteiger charge is 2.65. The molecule has 1 fully saturated rings. The van der Waals surface area contributed by atoms with E-state index in [1.165, 1.54) is 50.5 Å². The maximum absolute atomic E-state index is 15.2. The number of unbranched alkanes of at least 4 members (excludes halogenated alkanes) is 11. The van der Waals surface area contributed by atoms with E-state index in [0.29, 0.717) is 30.9 Å². The molecule has 1 saturated carbocycles. The summed E-state index contributed by atoms with van der Waals surface area (Å²) in [6.07, 6.45) is 20.5. The van der Waals surface area contributed by atoms with Gasteiger partial charge in [0.2, 0.25) is 5.79 Å². The van der Waals surface area contributed by atoms with Crippen LogP contribution in [0.3, 0.4) is 0 Å². The number of rotatable bonds is 28. The van der Waals surface area contributed by atoms with Crippen LogP contribution in [0.2, 0.25) is 0 Å². The Hall–Kier alpha value is -5.16. The van der Waals surface area contributed by atoms with Crippen LogP contribution in [-0.4, -0.2) is 72.3 Å². The van der Waals surface area contributed by atoms with E-state index in [4.69, 9.17) is 28.9 Å². The fourth-order valence-electron chi connectivity index (χ4n) is 11.5. The lowest BCUT2D eigenvalue weighted by molar-refractivity contribution is -0.256. The van der Waals surface area contributed by atoms with Gasteiger partial charge in [0.15, 0.2) is 0 Å². The number of aryl methyl sites for hydroxylation is 2. The monoisotopic (exact) mass is 957 g/mol. The van der Waals surface area contributed by atoms with Gasteiger partial charge in [0.1, 0.15) is 30.4 Å². The molecular weight excluding hydrogens is 877 g/mol. The molecule has 1 heterocycles. The molecule has 7 rings (SSSR count). The summed E-state index contributed by atoms with van der Waals surface area (Å²) in [5, 5.41) is 27.0. The summed E-state index contributed by atoms with van der Waals surface area (Å²) in [4.78, 5) is 22.8. The third kappa shape index (κ3) is 12.6. The SMILES string of the molecule is C=CCOC12Oc3ccc(Oc4ccc(C)c(C)c4)cc3C3C(CCCCO)C(CCCCO)C=C(C(=NOC)CC1N(Cc1cccc4ccccc14)C(=O)OCCCCCCCCCCCC)C32. The molecule has 1 amide bonds. The smallest absolute Gasteiger partial charge is 0.410 e. The van der Waals surface area contributed by atoms with E-state index >= 15 is 4.79 Å². The van der Waals surface area contributed by atoms with Crippen LogP contribution in [0.15, 0.2) is 108 Å². The number of carbonyl (C=O) groups excluding carboxylic acids is 1. The Morgan fingerprint density at radius 2 is 1.53 bits per heavy atom. The number of aliphatic hydroxyl groups is 2. The highest BCUT2D eigenvalue weighted by Crippen LogP contribution is 2.62. The topological polar surface area (TPSA) is 119 Å². The molecule has 2 aliphatic carbocycles. The number of hydrogen-bond donors (Lipinski definition) is 2. The first-order chi connectivity index (χ1) is 34.3. The van der Waals surface area contributed by atoms with Crippen molar-refractivity contribution < 1.29 is 38.8 Å². The first kappa shape index (κ1) is 52.7. The molecule has 0 saturated heterocycles. The van der Waals surface area contributed by atoms with Gasteiger partial charge in [-0.05, 0) is 121 Å². The van der Waals surface area contributed by atoms with Gasteiger partial charge in [-0.3, -0.25) is 4.90 Å². The zero-order chi connectivity index (χ0) is 49.3. The van der Waals surface area contributed by atoms with Gasteiger partial charge in [0, 0.05) is 31.1 Å². The predicted molar refractivity (Wildman–Crippen MR) is 281 cm³/mol. The van der Waals surface area contributed by atoms with Gasteiger partial charge in [-0.1, -0.05) is 143 Å². The van der Waals surface area contributed by atoms with Crippen LogP contribution < -0.4 is 9.47 Å². The van der Waals surface area contributed by atoms with Crippen LogP contribution in [0.5, 0.6) is 17.2 Å². The van der Waals surface area contributed by atoms with Crippen molar-refractivity contribution >= 4 is 22.6 Å². The third-order valence-electron chi connectivity index (χ3n) is 15.1. The molecule has 0 spiro atoms. The van der Waals surface area contributed by atoms with E-state index in [1.807, 2.05) is 41.3 Å². The second-order valence-electron chi connectivity index (χ2n) is 19.9. The molecule has 6 atom stereocenters. The normalized spacial score (nSPS) is 21.9. The number of amides is 1. The summed E-state index contributed by atoms with van der Waals surface area (Å²) < 4.78 is 27.8. The lowest BCUT2D eigenvalue weighted by atomic mass is 9.55. The number of aliphatic hydroxyl groups excluding tert-OH is 2. The number of allylic oxidation sites excluding steroid dienone is 1. The van der Waals surface area contributed by atoms with Crippen molar-refractivity contribution in [3.8, 4) is 17.2 Å². The first-order valence-corrected chi connectivity index (χ1v) is 26.5. The van der Waals surface area contributed by atoms with Gasteiger partial charge < -0.3 is 34.0 Å². The summed E-state index contributed by atoms with van der Waals surface area (Å²) in [5.41, 5.74) is 6.04. The summed E-state index contributed by atoms with van der Waals surface area (Å²) >= 11 is 0. The standard InChI is InChI=1S/C60H80N2O8/c1-6-8-9-10-11-12-13-14-15-22-37-67-59(65)62(42-47-27-23-26-45-24-16-17-28-50(45)47)56-41-54(61-66-5)52-39-46(25-18-20-34-63)51(29-19-21-35-64)57-53-40-49(69-48-31-30-43(3)44(4)38-48)32-33-55(53)70-60(56,58(52)57)68-36-7-2/h7,16-17,23-24,26-28,30-33,38-40,46,51,56-58,63-64H,2,6,8-15,18-22,25,29,34-37,41-42H2,1,3-5H3. The van der Waals surface area contributed by atoms with Crippen LogP contribution in [0.1, 0.15) is 144 Å². The van der Waals surface area contributed by atoms with Crippen molar-refractivity contribution in [1.82, 2.24) is 4.90 Å². The van der Waals surface area contributed by atoms with Crippen LogP contribution in [0.25, 0.3) is 10.8 Å². The highest BCUT2D eigenvalue weighted by molar-refractivity contribution is 6.03. The van der Waals surface area contributed by atoms with Crippen molar-refractivity contribution in [3.63, 3.8) is 0 Å². The van der Waals surface area contributed by atoms with E-state index in [2.05, 4.69) is 75.9 Å². The zero-order valence-corrected chi connectivity index (χ0v) is 42.5. The largest absolute Gasteiger partial charge is 0.459 e. The average Bonchev–Trinajstić information content (AvgIpc) is 3.37.